The van der Waals surface area contributed by atoms with Crippen LogP contribution in [-0.2, 0) is 12.8 Å². The zero-order valence-corrected chi connectivity index (χ0v) is 10.4. The molecule has 18 heavy (non-hydrogen) atoms. The zero-order chi connectivity index (χ0) is 12.4. The van der Waals surface area contributed by atoms with Gasteiger partial charge in [-0.05, 0) is 61.1 Å². The first-order valence-electron chi connectivity index (χ1n) is 6.56. The van der Waals surface area contributed by atoms with Gasteiger partial charge in [0.05, 0.1) is 11.4 Å². The summed E-state index contributed by atoms with van der Waals surface area (Å²) in [6.07, 6.45) is 5.06. The van der Waals surface area contributed by atoms with Crippen molar-refractivity contribution >= 4 is 17.1 Å². The van der Waals surface area contributed by atoms with E-state index in [4.69, 9.17) is 5.73 Å². The minimum Gasteiger partial charge on any atom is -0.397 e. The normalized spacial score (nSPS) is 14.0. The van der Waals surface area contributed by atoms with Crippen molar-refractivity contribution in [1.82, 2.24) is 0 Å². The van der Waals surface area contributed by atoms with Crippen molar-refractivity contribution in [3.8, 4) is 0 Å². The first-order chi connectivity index (χ1) is 8.83. The average Bonchev–Trinajstić information content (AvgIpc) is 2.41. The number of aryl methyl sites for hydroxylation is 2. The molecule has 0 atom stereocenters. The molecule has 0 spiro atoms. The van der Waals surface area contributed by atoms with Crippen molar-refractivity contribution in [3.05, 3.63) is 53.6 Å². The van der Waals surface area contributed by atoms with Crippen LogP contribution in [0.25, 0.3) is 0 Å². The van der Waals surface area contributed by atoms with E-state index < -0.39 is 0 Å². The highest BCUT2D eigenvalue weighted by atomic mass is 14.9. The Labute approximate surface area is 108 Å². The van der Waals surface area contributed by atoms with Crippen molar-refractivity contribution in [2.75, 3.05) is 11.1 Å². The first-order valence-corrected chi connectivity index (χ1v) is 6.56. The fraction of sp³-hybridized carbons (Fsp3) is 0.250. The number of nitrogens with two attached hydrogens (primary N) is 1. The van der Waals surface area contributed by atoms with Gasteiger partial charge in [-0.3, -0.25) is 0 Å². The minimum absolute atomic E-state index is 0.787. The van der Waals surface area contributed by atoms with E-state index in [0.29, 0.717) is 0 Å². The molecule has 0 saturated heterocycles. The molecular weight excluding hydrogens is 220 g/mol. The van der Waals surface area contributed by atoms with Gasteiger partial charge >= 0.3 is 0 Å². The number of nitrogens with one attached hydrogen (secondary N) is 1. The molecule has 0 unspecified atom stereocenters. The van der Waals surface area contributed by atoms with E-state index in [1.54, 1.807) is 0 Å². The van der Waals surface area contributed by atoms with Crippen molar-refractivity contribution in [3.63, 3.8) is 0 Å². The van der Waals surface area contributed by atoms with Crippen LogP contribution in [-0.4, -0.2) is 0 Å². The summed E-state index contributed by atoms with van der Waals surface area (Å²) in [5, 5.41) is 3.40. The Morgan fingerprint density at radius 1 is 0.889 bits per heavy atom. The molecule has 1 aliphatic rings. The molecule has 1 aliphatic carbocycles. The van der Waals surface area contributed by atoms with Crippen LogP contribution < -0.4 is 11.1 Å². The number of hydrogen-bond donors (Lipinski definition) is 2. The zero-order valence-electron chi connectivity index (χ0n) is 10.4. The summed E-state index contributed by atoms with van der Waals surface area (Å²) in [7, 11) is 0. The van der Waals surface area contributed by atoms with Crippen molar-refractivity contribution < 1.29 is 0 Å². The van der Waals surface area contributed by atoms with Crippen LogP contribution in [0.2, 0.25) is 0 Å². The smallest absolute Gasteiger partial charge is 0.0617 e. The van der Waals surface area contributed by atoms with Gasteiger partial charge in [0.25, 0.3) is 0 Å². The Bertz CT molecular complexity index is 561. The van der Waals surface area contributed by atoms with Crippen LogP contribution in [0.4, 0.5) is 17.1 Å². The van der Waals surface area contributed by atoms with E-state index in [0.717, 1.165) is 17.1 Å². The maximum Gasteiger partial charge on any atom is 0.0617 e. The summed E-state index contributed by atoms with van der Waals surface area (Å²) in [5.41, 5.74) is 11.8. The van der Waals surface area contributed by atoms with Gasteiger partial charge in [0, 0.05) is 5.69 Å². The van der Waals surface area contributed by atoms with Crippen molar-refractivity contribution in [1.29, 1.82) is 0 Å². The number of benzene rings is 2. The minimum atomic E-state index is 0.787. The number of hydrogen-bond acceptors (Lipinski definition) is 2. The number of rotatable bonds is 2. The second-order valence-corrected chi connectivity index (χ2v) is 4.90. The maximum atomic E-state index is 5.94. The molecule has 2 aromatic carbocycles. The summed E-state index contributed by atoms with van der Waals surface area (Å²) in [4.78, 5) is 0. The Morgan fingerprint density at radius 2 is 1.67 bits per heavy atom. The lowest BCUT2D eigenvalue weighted by molar-refractivity contribution is 0.686. The van der Waals surface area contributed by atoms with E-state index >= 15 is 0 Å². The Morgan fingerprint density at radius 3 is 2.50 bits per heavy atom. The van der Waals surface area contributed by atoms with Gasteiger partial charge in [0.1, 0.15) is 0 Å². The second kappa shape index (κ2) is 4.73. The molecule has 0 aromatic heterocycles. The predicted molar refractivity (Wildman–Crippen MR) is 77.2 cm³/mol. The third-order valence-electron chi connectivity index (χ3n) is 3.59. The van der Waals surface area contributed by atoms with E-state index in [9.17, 15) is 0 Å². The summed E-state index contributed by atoms with van der Waals surface area (Å²) >= 11 is 0. The van der Waals surface area contributed by atoms with Gasteiger partial charge in [0.2, 0.25) is 0 Å². The topological polar surface area (TPSA) is 38.0 Å². The number of fused-ring (bicyclic) bond motifs is 1. The summed E-state index contributed by atoms with van der Waals surface area (Å²) in [6, 6.07) is 14.5. The third-order valence-corrected chi connectivity index (χ3v) is 3.59. The van der Waals surface area contributed by atoms with Gasteiger partial charge in [-0.1, -0.05) is 18.2 Å². The molecule has 0 bridgehead atoms. The fourth-order valence-electron chi connectivity index (χ4n) is 2.58. The van der Waals surface area contributed by atoms with Gasteiger partial charge in [-0.25, -0.2) is 0 Å². The molecular formula is C16H18N2. The molecule has 0 aliphatic heterocycles. The lowest BCUT2D eigenvalue weighted by Gasteiger charge is -2.17. The van der Waals surface area contributed by atoms with Gasteiger partial charge in [-0.15, -0.1) is 0 Å². The Balaban J connectivity index is 1.87. The lowest BCUT2D eigenvalue weighted by atomic mass is 9.91. The standard InChI is InChI=1S/C16H18N2/c17-15-7-3-4-8-16(15)18-14-10-9-12-5-1-2-6-13(12)11-14/h3-4,7-11,18H,1-2,5-6,17H2. The molecule has 92 valence electrons. The highest BCUT2D eigenvalue weighted by Gasteiger charge is 2.09. The lowest BCUT2D eigenvalue weighted by Crippen LogP contribution is -2.03. The average molecular weight is 238 g/mol. The molecule has 0 saturated carbocycles. The summed E-state index contributed by atoms with van der Waals surface area (Å²) < 4.78 is 0. The molecule has 0 amide bonds. The number of nitrogen functional groups attached to an aromatic ring is 1. The second-order valence-electron chi connectivity index (χ2n) is 4.90. The van der Waals surface area contributed by atoms with Crippen molar-refractivity contribution in [2.24, 2.45) is 0 Å². The van der Waals surface area contributed by atoms with Crippen LogP contribution in [0, 0.1) is 0 Å². The number of para-hydroxylation sites is 2. The molecule has 0 radical (unpaired) electrons. The molecule has 0 heterocycles. The molecule has 0 fully saturated rings. The molecule has 2 heteroatoms. The van der Waals surface area contributed by atoms with Crippen molar-refractivity contribution in [2.45, 2.75) is 25.7 Å². The monoisotopic (exact) mass is 238 g/mol. The fourth-order valence-corrected chi connectivity index (χ4v) is 2.58. The highest BCUT2D eigenvalue weighted by Crippen LogP contribution is 2.27. The number of anilines is 3. The van der Waals surface area contributed by atoms with Gasteiger partial charge < -0.3 is 11.1 Å². The Hall–Kier alpha value is -1.96. The van der Waals surface area contributed by atoms with E-state index in [2.05, 4.69) is 23.5 Å². The van der Waals surface area contributed by atoms with Crippen LogP contribution >= 0.6 is 0 Å². The maximum absolute atomic E-state index is 5.94. The third kappa shape index (κ3) is 2.19. The SMILES string of the molecule is Nc1ccccc1Nc1ccc2c(c1)CCCC2. The molecule has 3 N–H and O–H groups in total. The van der Waals surface area contributed by atoms with Gasteiger partial charge in [0.15, 0.2) is 0 Å². The van der Waals surface area contributed by atoms with Gasteiger partial charge in [-0.2, -0.15) is 0 Å². The first kappa shape index (κ1) is 11.1. The molecule has 2 aromatic rings. The Kier molecular flexibility index (Phi) is 2.93. The summed E-state index contributed by atoms with van der Waals surface area (Å²) in [6.45, 7) is 0. The largest absolute Gasteiger partial charge is 0.397 e. The van der Waals surface area contributed by atoms with Crippen LogP contribution in [0.15, 0.2) is 42.5 Å². The highest BCUT2D eigenvalue weighted by molar-refractivity contribution is 5.72. The van der Waals surface area contributed by atoms with Crippen LogP contribution in [0.3, 0.4) is 0 Å². The summed E-state index contributed by atoms with van der Waals surface area (Å²) in [5.74, 6) is 0. The quantitative estimate of drug-likeness (QED) is 0.779. The van der Waals surface area contributed by atoms with Crippen LogP contribution in [0.1, 0.15) is 24.0 Å². The van der Waals surface area contributed by atoms with Crippen LogP contribution in [0.5, 0.6) is 0 Å². The van der Waals surface area contributed by atoms with E-state index in [-0.39, 0.29) is 0 Å². The van der Waals surface area contributed by atoms with E-state index in [1.807, 2.05) is 24.3 Å². The predicted octanol–water partition coefficient (Wildman–Crippen LogP) is 3.89. The van der Waals surface area contributed by atoms with E-state index in [1.165, 1.54) is 36.8 Å². The molecule has 2 nitrogen and oxygen atoms in total. The molecule has 3 rings (SSSR count).